The van der Waals surface area contributed by atoms with Gasteiger partial charge in [-0.05, 0) is 18.5 Å². The van der Waals surface area contributed by atoms with Gasteiger partial charge in [0, 0.05) is 17.5 Å². The van der Waals surface area contributed by atoms with Crippen LogP contribution in [0.1, 0.15) is 19.6 Å². The quantitative estimate of drug-likeness (QED) is 0.0941. The number of rotatable bonds is 11. The first-order valence-corrected chi connectivity index (χ1v) is 14.1. The number of hydrogen-bond donors (Lipinski definition) is 6. The summed E-state index contributed by atoms with van der Waals surface area (Å²) in [7, 11) is -16.7. The number of hydrogen-bond acceptors (Lipinski definition) is 12. The van der Waals surface area contributed by atoms with Gasteiger partial charge >= 0.3 is 23.5 Å². The molecule has 0 aliphatic carbocycles. The number of aromatic nitrogens is 3. The Bertz CT molecular complexity index is 1370. The maximum Gasteiger partial charge on any atom is 0.490 e. The van der Waals surface area contributed by atoms with Crippen molar-refractivity contribution >= 4 is 40.4 Å². The molecule has 0 radical (unpaired) electrons. The van der Waals surface area contributed by atoms with Crippen LogP contribution in [0.3, 0.4) is 0 Å². The Morgan fingerprint density at radius 3 is 2.67 bits per heavy atom. The highest BCUT2D eigenvalue weighted by molar-refractivity contribution is 7.66. The highest BCUT2D eigenvalue weighted by Gasteiger charge is 2.44. The van der Waals surface area contributed by atoms with Crippen LogP contribution in [0.15, 0.2) is 22.2 Å². The van der Waals surface area contributed by atoms with Crippen LogP contribution in [-0.2, 0) is 36.3 Å². The molecule has 1 saturated heterocycles. The van der Waals surface area contributed by atoms with E-state index >= 15 is 0 Å². The number of azide groups is 1. The van der Waals surface area contributed by atoms with E-state index in [0.717, 1.165) is 0 Å². The molecule has 1 fully saturated rings. The number of nitrogens with zero attached hydrogens (tertiary/aromatic N) is 5. The summed E-state index contributed by atoms with van der Waals surface area (Å²) < 4.78 is 59.1. The number of phosphoric acid groups is 3. The van der Waals surface area contributed by atoms with Gasteiger partial charge in [0.2, 0.25) is 5.95 Å². The number of ether oxygens (including phenoxy) is 2. The van der Waals surface area contributed by atoms with Gasteiger partial charge in [-0.25, -0.2) is 13.7 Å². The number of phosphoric ester groups is 1. The van der Waals surface area contributed by atoms with Crippen molar-refractivity contribution in [3.05, 3.63) is 33.1 Å². The number of aromatic amines is 1. The molecule has 0 saturated carbocycles. The molecule has 4 unspecified atom stereocenters. The van der Waals surface area contributed by atoms with Gasteiger partial charge in [0.25, 0.3) is 5.56 Å². The predicted molar refractivity (Wildman–Crippen MR) is 117 cm³/mol. The zero-order chi connectivity index (χ0) is 26.9. The van der Waals surface area contributed by atoms with Crippen molar-refractivity contribution in [1.29, 1.82) is 0 Å². The van der Waals surface area contributed by atoms with Crippen LogP contribution >= 0.6 is 23.5 Å². The summed E-state index contributed by atoms with van der Waals surface area (Å²) in [4.78, 5) is 57.3. The normalized spacial score (nSPS) is 24.6. The molecule has 1 aliphatic rings. The Hall–Kier alpha value is -2.14. The lowest BCUT2D eigenvalue weighted by atomic mass is 10.2. The third-order valence-electron chi connectivity index (χ3n) is 4.49. The van der Waals surface area contributed by atoms with Gasteiger partial charge in [0.15, 0.2) is 5.65 Å². The van der Waals surface area contributed by atoms with Crippen LogP contribution in [0, 0.1) is 0 Å². The van der Waals surface area contributed by atoms with E-state index in [-0.39, 0.29) is 23.4 Å². The molecule has 2 aromatic heterocycles. The van der Waals surface area contributed by atoms with E-state index in [1.54, 1.807) is 0 Å². The SMILES string of the molecule is C[C@H](N=[N+]=[N-])O[C@@H]1CC(n2ccc3c(=O)[nH]c(N)nc32)OC1COP(=O)(O)OP(=O)(O)OP(=O)(O)O. The van der Waals surface area contributed by atoms with Crippen LogP contribution in [0.5, 0.6) is 0 Å². The number of anilines is 1. The number of nitrogens with one attached hydrogen (secondary N) is 1. The lowest BCUT2D eigenvalue weighted by Crippen LogP contribution is -2.31. The van der Waals surface area contributed by atoms with Gasteiger partial charge in [-0.3, -0.25) is 14.3 Å². The maximum absolute atomic E-state index is 12.1. The zero-order valence-electron chi connectivity index (χ0n) is 18.0. The minimum atomic E-state index is -5.72. The van der Waals surface area contributed by atoms with Crippen molar-refractivity contribution in [3.8, 4) is 0 Å². The average molecular weight is 575 g/mol. The van der Waals surface area contributed by atoms with E-state index in [0.29, 0.717) is 0 Å². The molecule has 3 heterocycles. The Morgan fingerprint density at radius 2 is 2.03 bits per heavy atom. The van der Waals surface area contributed by atoms with E-state index in [1.165, 1.54) is 23.8 Å². The summed E-state index contributed by atoms with van der Waals surface area (Å²) >= 11 is 0. The summed E-state index contributed by atoms with van der Waals surface area (Å²) in [6.07, 6.45) is -2.57. The summed E-state index contributed by atoms with van der Waals surface area (Å²) in [6.45, 7) is 0.586. The molecule has 0 aromatic carbocycles. The lowest BCUT2D eigenvalue weighted by Gasteiger charge is -2.22. The van der Waals surface area contributed by atoms with Crippen molar-refractivity contribution in [2.45, 2.75) is 38.0 Å². The van der Waals surface area contributed by atoms with Crippen LogP contribution < -0.4 is 11.3 Å². The molecule has 20 nitrogen and oxygen atoms in total. The van der Waals surface area contributed by atoms with Crippen LogP contribution in [0.2, 0.25) is 0 Å². The summed E-state index contributed by atoms with van der Waals surface area (Å²) in [5.74, 6) is -0.167. The first-order valence-electron chi connectivity index (χ1n) is 9.59. The second-order valence-electron chi connectivity index (χ2n) is 7.14. The Kier molecular flexibility index (Phi) is 8.44. The Morgan fingerprint density at radius 1 is 1.33 bits per heavy atom. The highest BCUT2D eigenvalue weighted by Crippen LogP contribution is 2.66. The summed E-state index contributed by atoms with van der Waals surface area (Å²) in [5, 5.41) is 3.55. The second-order valence-corrected chi connectivity index (χ2v) is 11.6. The molecule has 0 amide bonds. The smallest absolute Gasteiger partial charge is 0.369 e. The van der Waals surface area contributed by atoms with Crippen LogP contribution in [-0.4, -0.2) is 59.2 Å². The summed E-state index contributed by atoms with van der Waals surface area (Å²) in [5.41, 5.74) is 13.9. The van der Waals surface area contributed by atoms with E-state index in [4.69, 9.17) is 30.5 Å². The molecule has 0 bridgehead atoms. The van der Waals surface area contributed by atoms with Crippen LogP contribution in [0.25, 0.3) is 21.5 Å². The lowest BCUT2D eigenvalue weighted by molar-refractivity contribution is -0.0745. The molecule has 6 atom stereocenters. The largest absolute Gasteiger partial charge is 0.490 e. The molecule has 7 N–H and O–H groups in total. The average Bonchev–Trinajstić information content (AvgIpc) is 3.27. The Labute approximate surface area is 200 Å². The number of H-pyrrole nitrogens is 1. The summed E-state index contributed by atoms with van der Waals surface area (Å²) in [6, 6.07) is 1.45. The topological polar surface area (TPSA) is 304 Å². The molecule has 23 heteroatoms. The predicted octanol–water partition coefficient (Wildman–Crippen LogP) is 0.979. The van der Waals surface area contributed by atoms with Crippen molar-refractivity contribution < 1.29 is 55.9 Å². The van der Waals surface area contributed by atoms with Gasteiger partial charge < -0.3 is 39.3 Å². The standard InChI is InChI=1S/C13H20N7O13P3/c1-6(18-19-15)30-8-4-10(20-3-2-7-11(20)16-13(14)17-12(7)21)31-9(8)5-29-35(25,26)33-36(27,28)32-34(22,23)24/h2-3,6,8-10H,4-5H2,1H3,(H,25,26)(H,27,28)(H2,22,23,24)(H3,14,16,17,21)/t6-,8-,9?,10?/m1/s1. The van der Waals surface area contributed by atoms with E-state index in [2.05, 4.69) is 33.1 Å². The van der Waals surface area contributed by atoms with Crippen molar-refractivity contribution in [3.63, 3.8) is 0 Å². The fourth-order valence-corrected chi connectivity index (χ4v) is 6.31. The number of nitrogens with two attached hydrogens (primary N) is 1. The molecular weight excluding hydrogens is 555 g/mol. The maximum atomic E-state index is 12.1. The minimum Gasteiger partial charge on any atom is -0.369 e. The fourth-order valence-electron chi connectivity index (χ4n) is 3.28. The van der Waals surface area contributed by atoms with Crippen molar-refractivity contribution in [2.75, 3.05) is 12.3 Å². The van der Waals surface area contributed by atoms with Gasteiger partial charge in [-0.2, -0.15) is 13.6 Å². The van der Waals surface area contributed by atoms with Gasteiger partial charge in [-0.1, -0.05) is 5.11 Å². The minimum absolute atomic E-state index is 0.0217. The van der Waals surface area contributed by atoms with Crippen molar-refractivity contribution in [2.24, 2.45) is 5.11 Å². The molecule has 3 rings (SSSR count). The molecule has 36 heavy (non-hydrogen) atoms. The third kappa shape index (κ3) is 7.44. The van der Waals surface area contributed by atoms with E-state index in [1.807, 2.05) is 0 Å². The zero-order valence-corrected chi connectivity index (χ0v) is 20.7. The Balaban J connectivity index is 1.80. The molecule has 2 aromatic rings. The van der Waals surface area contributed by atoms with Crippen molar-refractivity contribution in [1.82, 2.24) is 14.5 Å². The first-order chi connectivity index (χ1) is 16.6. The third-order valence-corrected chi connectivity index (χ3v) is 8.30. The first kappa shape index (κ1) is 28.4. The van der Waals surface area contributed by atoms with Gasteiger partial charge in [-0.15, -0.1) is 0 Å². The monoisotopic (exact) mass is 575 g/mol. The van der Waals surface area contributed by atoms with Gasteiger partial charge in [0.1, 0.15) is 18.6 Å². The molecule has 1 aliphatic heterocycles. The van der Waals surface area contributed by atoms with Gasteiger partial charge in [0.05, 0.1) is 18.1 Å². The molecule has 200 valence electrons. The fraction of sp³-hybridized carbons (Fsp3) is 0.538. The van der Waals surface area contributed by atoms with E-state index < -0.39 is 60.3 Å². The molecular formula is C13H20N7O13P3. The number of nitrogen functional groups attached to an aromatic ring is 1. The van der Waals surface area contributed by atoms with E-state index in [9.17, 15) is 28.3 Å². The molecule has 0 spiro atoms. The second kappa shape index (κ2) is 10.7. The van der Waals surface area contributed by atoms with Crippen LogP contribution in [0.4, 0.5) is 5.95 Å². The highest BCUT2D eigenvalue weighted by atomic mass is 31.3. The number of fused-ring (bicyclic) bond motifs is 1.